The second-order valence-electron chi connectivity index (χ2n) is 4.96. The maximum atomic E-state index is 13.2. The number of rotatable bonds is 2. The van der Waals surface area contributed by atoms with E-state index in [-0.39, 0.29) is 28.9 Å². The fraction of sp³-hybridized carbons (Fsp3) is 0.133. The number of hydrogen-bond donors (Lipinski definition) is 1. The van der Waals surface area contributed by atoms with Gasteiger partial charge in [0.05, 0.1) is 17.7 Å². The molecule has 1 heterocycles. The summed E-state index contributed by atoms with van der Waals surface area (Å²) in [5, 5.41) is 9.63. The van der Waals surface area contributed by atoms with Gasteiger partial charge < -0.3 is 14.4 Å². The molecule has 118 valence electrons. The van der Waals surface area contributed by atoms with Crippen LogP contribution in [-0.2, 0) is 17.4 Å². The van der Waals surface area contributed by atoms with Crippen LogP contribution >= 0.6 is 0 Å². The molecule has 8 heteroatoms. The normalized spacial score (nSPS) is 13.8. The van der Waals surface area contributed by atoms with Crippen molar-refractivity contribution in [2.45, 2.75) is 12.8 Å². The highest BCUT2D eigenvalue weighted by molar-refractivity contribution is 6.61. The first-order chi connectivity index (χ1) is 10.9. The van der Waals surface area contributed by atoms with Gasteiger partial charge in [-0.15, -0.1) is 0 Å². The zero-order valence-corrected chi connectivity index (χ0v) is 11.6. The number of alkyl halides is 3. The second kappa shape index (κ2) is 5.71. The predicted molar refractivity (Wildman–Crippen MR) is 75.2 cm³/mol. The molecule has 0 atom stereocenters. The Morgan fingerprint density at radius 3 is 2.57 bits per heavy atom. The van der Waals surface area contributed by atoms with Crippen LogP contribution in [0.4, 0.5) is 13.2 Å². The summed E-state index contributed by atoms with van der Waals surface area (Å²) >= 11 is 0. The molecule has 0 amide bonds. The molecule has 0 aromatic heterocycles. The minimum absolute atomic E-state index is 0.0696. The zero-order chi connectivity index (χ0) is 16.6. The van der Waals surface area contributed by atoms with E-state index in [1.54, 1.807) is 18.2 Å². The summed E-state index contributed by atoms with van der Waals surface area (Å²) in [5.74, 6) is -0.730. The van der Waals surface area contributed by atoms with Gasteiger partial charge in [-0.25, -0.2) is 4.79 Å². The van der Waals surface area contributed by atoms with E-state index in [0.29, 0.717) is 6.07 Å². The molecule has 0 bridgehead atoms. The Morgan fingerprint density at radius 1 is 1.22 bits per heavy atom. The third-order valence-corrected chi connectivity index (χ3v) is 3.43. The molecule has 3 rings (SSSR count). The van der Waals surface area contributed by atoms with E-state index in [4.69, 9.17) is 9.39 Å². The Morgan fingerprint density at radius 2 is 1.91 bits per heavy atom. The summed E-state index contributed by atoms with van der Waals surface area (Å²) in [6, 6.07) is 9.86. The van der Waals surface area contributed by atoms with Crippen molar-refractivity contribution in [3.63, 3.8) is 0 Å². The largest absolute Gasteiger partial charge is 0.491 e. The van der Waals surface area contributed by atoms with Crippen molar-refractivity contribution in [2.75, 3.05) is 0 Å². The SMILES string of the molecule is O=C(Oc1ccccc1)c1cc2c(c(C(F)(F)F)c1)COB2O. The van der Waals surface area contributed by atoms with Crippen LogP contribution in [0, 0.1) is 0 Å². The molecule has 2 aromatic rings. The summed E-state index contributed by atoms with van der Waals surface area (Å²) in [6.45, 7) is -0.362. The van der Waals surface area contributed by atoms with Gasteiger partial charge in [0, 0.05) is 0 Å². The number of halogens is 3. The first-order valence-electron chi connectivity index (χ1n) is 6.67. The molecule has 0 unspecified atom stereocenters. The number of para-hydroxylation sites is 1. The van der Waals surface area contributed by atoms with Crippen LogP contribution in [0.15, 0.2) is 42.5 Å². The standard InChI is InChI=1S/C15H10BF3O4/c17-15(18,19)12-6-9(7-13-11(12)8-22-16(13)21)14(20)23-10-4-2-1-3-5-10/h1-7,21H,8H2. The predicted octanol–water partition coefficient (Wildman–Crippen LogP) is 2.14. The Bertz CT molecular complexity index is 746. The molecular formula is C15H10BF3O4. The molecule has 0 fully saturated rings. The number of fused-ring (bicyclic) bond motifs is 1. The van der Waals surface area contributed by atoms with Crippen LogP contribution in [-0.4, -0.2) is 18.1 Å². The highest BCUT2D eigenvalue weighted by Gasteiger charge is 2.40. The van der Waals surface area contributed by atoms with E-state index in [2.05, 4.69) is 0 Å². The first kappa shape index (κ1) is 15.6. The van der Waals surface area contributed by atoms with Crippen molar-refractivity contribution in [2.24, 2.45) is 0 Å². The Labute approximate surface area is 129 Å². The number of carbonyl (C=O) groups excluding carboxylic acids is 1. The second-order valence-corrected chi connectivity index (χ2v) is 4.96. The van der Waals surface area contributed by atoms with E-state index in [9.17, 15) is 23.0 Å². The van der Waals surface area contributed by atoms with Gasteiger partial charge in [-0.3, -0.25) is 0 Å². The summed E-state index contributed by atoms with van der Waals surface area (Å²) in [4.78, 5) is 12.1. The molecule has 23 heavy (non-hydrogen) atoms. The molecule has 1 aliphatic rings. The molecule has 0 radical (unpaired) electrons. The molecule has 0 spiro atoms. The molecule has 0 saturated carbocycles. The van der Waals surface area contributed by atoms with Crippen molar-refractivity contribution in [3.05, 3.63) is 59.2 Å². The fourth-order valence-corrected chi connectivity index (χ4v) is 2.35. The van der Waals surface area contributed by atoms with Crippen LogP contribution in [0.2, 0.25) is 0 Å². The lowest BCUT2D eigenvalue weighted by molar-refractivity contribution is -0.138. The summed E-state index contributed by atoms with van der Waals surface area (Å²) in [5.41, 5.74) is -1.54. The van der Waals surface area contributed by atoms with Gasteiger partial charge in [-0.1, -0.05) is 18.2 Å². The average molecular weight is 322 g/mol. The minimum atomic E-state index is -4.67. The lowest BCUT2D eigenvalue weighted by atomic mass is 9.77. The third-order valence-electron chi connectivity index (χ3n) is 3.43. The molecule has 1 N–H and O–H groups in total. The lowest BCUT2D eigenvalue weighted by Gasteiger charge is -2.13. The van der Waals surface area contributed by atoms with Gasteiger partial charge in [-0.2, -0.15) is 13.2 Å². The maximum Gasteiger partial charge on any atom is 0.491 e. The maximum absolute atomic E-state index is 13.2. The number of hydrogen-bond acceptors (Lipinski definition) is 4. The minimum Gasteiger partial charge on any atom is -0.423 e. The molecule has 2 aromatic carbocycles. The van der Waals surface area contributed by atoms with Gasteiger partial charge in [0.25, 0.3) is 0 Å². The van der Waals surface area contributed by atoms with Gasteiger partial charge in [-0.05, 0) is 35.3 Å². The first-order valence-corrected chi connectivity index (χ1v) is 6.67. The van der Waals surface area contributed by atoms with Crippen molar-refractivity contribution in [1.29, 1.82) is 0 Å². The Balaban J connectivity index is 2.00. The molecule has 4 nitrogen and oxygen atoms in total. The van der Waals surface area contributed by atoms with Crippen molar-refractivity contribution in [3.8, 4) is 5.75 Å². The van der Waals surface area contributed by atoms with Crippen molar-refractivity contribution in [1.82, 2.24) is 0 Å². The summed E-state index contributed by atoms with van der Waals surface area (Å²) < 4.78 is 49.3. The monoisotopic (exact) mass is 322 g/mol. The topological polar surface area (TPSA) is 55.8 Å². The average Bonchev–Trinajstić information content (AvgIpc) is 2.88. The molecule has 0 saturated heterocycles. The van der Waals surface area contributed by atoms with Crippen LogP contribution in [0.3, 0.4) is 0 Å². The molecule has 0 aliphatic carbocycles. The van der Waals surface area contributed by atoms with Gasteiger partial charge in [0.15, 0.2) is 0 Å². The summed E-state index contributed by atoms with van der Waals surface area (Å²) in [6.07, 6.45) is -4.67. The van der Waals surface area contributed by atoms with Crippen LogP contribution in [0.5, 0.6) is 5.75 Å². The highest BCUT2D eigenvalue weighted by atomic mass is 19.4. The number of esters is 1. The molecule has 1 aliphatic heterocycles. The van der Waals surface area contributed by atoms with E-state index >= 15 is 0 Å². The number of carbonyl (C=O) groups is 1. The number of ether oxygens (including phenoxy) is 1. The lowest BCUT2D eigenvalue weighted by Crippen LogP contribution is -2.31. The molecular weight excluding hydrogens is 312 g/mol. The summed E-state index contributed by atoms with van der Waals surface area (Å²) in [7, 11) is -1.49. The van der Waals surface area contributed by atoms with Crippen LogP contribution < -0.4 is 10.2 Å². The highest BCUT2D eigenvalue weighted by Crippen LogP contribution is 2.34. The Kier molecular flexibility index (Phi) is 3.87. The van der Waals surface area contributed by atoms with Crippen LogP contribution in [0.25, 0.3) is 0 Å². The van der Waals surface area contributed by atoms with Gasteiger partial charge >= 0.3 is 19.3 Å². The van der Waals surface area contributed by atoms with Gasteiger partial charge in [0.2, 0.25) is 0 Å². The zero-order valence-electron chi connectivity index (χ0n) is 11.6. The van der Waals surface area contributed by atoms with Crippen molar-refractivity contribution >= 4 is 18.6 Å². The smallest absolute Gasteiger partial charge is 0.423 e. The third kappa shape index (κ3) is 3.08. The number of benzene rings is 2. The van der Waals surface area contributed by atoms with E-state index in [1.165, 1.54) is 12.1 Å². The van der Waals surface area contributed by atoms with E-state index < -0.39 is 24.8 Å². The quantitative estimate of drug-likeness (QED) is 0.523. The Hall–Kier alpha value is -2.32. The van der Waals surface area contributed by atoms with E-state index in [1.807, 2.05) is 0 Å². The van der Waals surface area contributed by atoms with Gasteiger partial charge in [0.1, 0.15) is 5.75 Å². The van der Waals surface area contributed by atoms with E-state index in [0.717, 1.165) is 6.07 Å². The van der Waals surface area contributed by atoms with Crippen LogP contribution in [0.1, 0.15) is 21.5 Å². The van der Waals surface area contributed by atoms with Crippen molar-refractivity contribution < 1.29 is 32.4 Å². The fourth-order valence-electron chi connectivity index (χ4n) is 2.35.